The third-order valence-corrected chi connectivity index (χ3v) is 4.38. The van der Waals surface area contributed by atoms with Crippen LogP contribution in [0.3, 0.4) is 0 Å². The van der Waals surface area contributed by atoms with Crippen molar-refractivity contribution >= 4 is 5.97 Å². The summed E-state index contributed by atoms with van der Waals surface area (Å²) in [6.45, 7) is 2.23. The van der Waals surface area contributed by atoms with Crippen molar-refractivity contribution in [1.82, 2.24) is 0 Å². The van der Waals surface area contributed by atoms with Gasteiger partial charge in [0.05, 0.1) is 12.2 Å². The van der Waals surface area contributed by atoms with E-state index in [0.717, 1.165) is 18.9 Å². The molecule has 2 unspecified atom stereocenters. The van der Waals surface area contributed by atoms with Crippen molar-refractivity contribution in [3.8, 4) is 0 Å². The van der Waals surface area contributed by atoms with Crippen LogP contribution in [0.4, 0.5) is 0 Å². The predicted octanol–water partition coefficient (Wildman–Crippen LogP) is 5.16. The molecular weight excluding hydrogens is 328 g/mol. The molecule has 0 aromatic heterocycles. The van der Waals surface area contributed by atoms with Gasteiger partial charge in [0.25, 0.3) is 0 Å². The summed E-state index contributed by atoms with van der Waals surface area (Å²) < 4.78 is 0. The van der Waals surface area contributed by atoms with Crippen LogP contribution in [0.2, 0.25) is 0 Å². The smallest absolute Gasteiger partial charge is 0.328 e. The quantitative estimate of drug-likeness (QED) is 0.189. The van der Waals surface area contributed by atoms with Crippen molar-refractivity contribution < 1.29 is 20.1 Å². The van der Waals surface area contributed by atoms with Crippen LogP contribution in [-0.2, 0) is 4.79 Å². The molecule has 2 atom stereocenters. The van der Waals surface area contributed by atoms with Crippen molar-refractivity contribution in [1.29, 1.82) is 0 Å². The summed E-state index contributed by atoms with van der Waals surface area (Å²) in [6, 6.07) is 0. The zero-order valence-electron chi connectivity index (χ0n) is 16.4. The van der Waals surface area contributed by atoms with E-state index in [2.05, 4.69) is 6.92 Å². The molecule has 0 radical (unpaired) electrons. The zero-order valence-corrected chi connectivity index (χ0v) is 16.4. The lowest BCUT2D eigenvalue weighted by atomic mass is 10.0. The lowest BCUT2D eigenvalue weighted by Crippen LogP contribution is -2.25. The van der Waals surface area contributed by atoms with Gasteiger partial charge in [0, 0.05) is 6.08 Å². The molecule has 0 fully saturated rings. The number of carboxylic acid groups (broad SMARTS) is 1. The fourth-order valence-electron chi connectivity index (χ4n) is 2.76. The molecule has 3 N–H and O–H groups in total. The van der Waals surface area contributed by atoms with Crippen molar-refractivity contribution in [3.63, 3.8) is 0 Å². The second-order valence-corrected chi connectivity index (χ2v) is 6.84. The Hall–Kier alpha value is -1.39. The van der Waals surface area contributed by atoms with E-state index in [4.69, 9.17) is 5.11 Å². The standard InChI is InChI=1S/C22H38O4/c1-2-3-4-5-6-7-8-11-14-17-20(23)21(24)18-15-12-9-10-13-16-19-22(25)26/h9-10,12-13,16,19-21,23-24H,2-8,11,14-15,17-18H2,1H3,(H,25,26). The molecule has 4 heteroatoms. The molecule has 0 saturated carbocycles. The Morgan fingerprint density at radius 3 is 1.92 bits per heavy atom. The van der Waals surface area contributed by atoms with Crippen molar-refractivity contribution in [2.75, 3.05) is 0 Å². The van der Waals surface area contributed by atoms with E-state index in [1.807, 2.05) is 12.2 Å². The summed E-state index contributed by atoms with van der Waals surface area (Å²) in [6.07, 6.45) is 21.4. The largest absolute Gasteiger partial charge is 0.478 e. The molecule has 0 aromatic rings. The number of unbranched alkanes of at least 4 members (excludes halogenated alkanes) is 8. The average molecular weight is 367 g/mol. The van der Waals surface area contributed by atoms with E-state index in [1.54, 1.807) is 12.2 Å². The lowest BCUT2D eigenvalue weighted by molar-refractivity contribution is -0.131. The van der Waals surface area contributed by atoms with Gasteiger partial charge >= 0.3 is 5.97 Å². The summed E-state index contributed by atoms with van der Waals surface area (Å²) in [4.78, 5) is 10.3. The van der Waals surface area contributed by atoms with Crippen LogP contribution in [0.15, 0.2) is 36.5 Å². The van der Waals surface area contributed by atoms with Crippen molar-refractivity contribution in [2.45, 2.75) is 96.2 Å². The highest BCUT2D eigenvalue weighted by molar-refractivity contribution is 5.80. The van der Waals surface area contributed by atoms with Gasteiger partial charge in [-0.1, -0.05) is 95.1 Å². The monoisotopic (exact) mass is 366 g/mol. The van der Waals surface area contributed by atoms with Gasteiger partial charge in [-0.2, -0.15) is 0 Å². The van der Waals surface area contributed by atoms with Gasteiger partial charge in [0.1, 0.15) is 0 Å². The number of aliphatic carboxylic acids is 1. The normalized spacial score (nSPS) is 14.6. The Kier molecular flexibility index (Phi) is 17.4. The number of aliphatic hydroxyl groups is 2. The van der Waals surface area contributed by atoms with Crippen LogP contribution in [0.25, 0.3) is 0 Å². The van der Waals surface area contributed by atoms with Gasteiger partial charge in [-0.3, -0.25) is 0 Å². The number of carboxylic acids is 1. The Labute approximate surface area is 159 Å². The van der Waals surface area contributed by atoms with E-state index in [0.29, 0.717) is 19.3 Å². The third-order valence-electron chi connectivity index (χ3n) is 4.38. The highest BCUT2D eigenvalue weighted by Gasteiger charge is 2.14. The summed E-state index contributed by atoms with van der Waals surface area (Å²) in [5, 5.41) is 28.4. The topological polar surface area (TPSA) is 77.8 Å². The van der Waals surface area contributed by atoms with Gasteiger partial charge in [0.2, 0.25) is 0 Å². The molecule has 0 aliphatic heterocycles. The van der Waals surface area contributed by atoms with E-state index in [1.165, 1.54) is 51.0 Å². The maximum atomic E-state index is 10.3. The van der Waals surface area contributed by atoms with Gasteiger partial charge in [0.15, 0.2) is 0 Å². The molecule has 0 rings (SSSR count). The van der Waals surface area contributed by atoms with Crippen LogP contribution >= 0.6 is 0 Å². The maximum absolute atomic E-state index is 10.3. The van der Waals surface area contributed by atoms with E-state index in [-0.39, 0.29) is 0 Å². The zero-order chi connectivity index (χ0) is 19.5. The third kappa shape index (κ3) is 17.4. The van der Waals surface area contributed by atoms with Crippen LogP contribution in [-0.4, -0.2) is 33.5 Å². The van der Waals surface area contributed by atoms with Gasteiger partial charge in [-0.15, -0.1) is 0 Å². The summed E-state index contributed by atoms with van der Waals surface area (Å²) in [5.74, 6) is -0.970. The first kappa shape index (κ1) is 24.6. The highest BCUT2D eigenvalue weighted by Crippen LogP contribution is 2.14. The van der Waals surface area contributed by atoms with Crippen LogP contribution in [0, 0.1) is 0 Å². The number of aliphatic hydroxyl groups excluding tert-OH is 2. The lowest BCUT2D eigenvalue weighted by Gasteiger charge is -2.16. The molecule has 0 aliphatic carbocycles. The summed E-state index contributed by atoms with van der Waals surface area (Å²) >= 11 is 0. The first-order valence-electron chi connectivity index (χ1n) is 10.2. The number of hydrogen-bond acceptors (Lipinski definition) is 3. The molecule has 26 heavy (non-hydrogen) atoms. The predicted molar refractivity (Wildman–Crippen MR) is 108 cm³/mol. The number of allylic oxidation sites excluding steroid dienone is 5. The van der Waals surface area contributed by atoms with E-state index < -0.39 is 18.2 Å². The molecule has 0 aliphatic rings. The Balaban J connectivity index is 3.59. The summed E-state index contributed by atoms with van der Waals surface area (Å²) in [5.41, 5.74) is 0. The van der Waals surface area contributed by atoms with Gasteiger partial charge < -0.3 is 15.3 Å². The first-order valence-corrected chi connectivity index (χ1v) is 10.2. The van der Waals surface area contributed by atoms with Crippen LogP contribution in [0.1, 0.15) is 84.0 Å². The molecule has 0 amide bonds. The highest BCUT2D eigenvalue weighted by atomic mass is 16.4. The minimum Gasteiger partial charge on any atom is -0.478 e. The van der Waals surface area contributed by atoms with Gasteiger partial charge in [-0.05, 0) is 19.3 Å². The number of carbonyl (C=O) groups is 1. The Bertz CT molecular complexity index is 412. The molecule has 4 nitrogen and oxygen atoms in total. The minimum absolute atomic E-state index is 0.536. The number of hydrogen-bond donors (Lipinski definition) is 3. The summed E-state index contributed by atoms with van der Waals surface area (Å²) in [7, 11) is 0. The second kappa shape index (κ2) is 18.4. The number of rotatable bonds is 17. The van der Waals surface area contributed by atoms with E-state index in [9.17, 15) is 15.0 Å². The van der Waals surface area contributed by atoms with Crippen LogP contribution in [0.5, 0.6) is 0 Å². The van der Waals surface area contributed by atoms with Crippen molar-refractivity contribution in [3.05, 3.63) is 36.5 Å². The molecule has 0 heterocycles. The fourth-order valence-corrected chi connectivity index (χ4v) is 2.76. The molecular formula is C22H38O4. The maximum Gasteiger partial charge on any atom is 0.328 e. The van der Waals surface area contributed by atoms with E-state index >= 15 is 0 Å². The van der Waals surface area contributed by atoms with Crippen molar-refractivity contribution in [2.24, 2.45) is 0 Å². The fraction of sp³-hybridized carbons (Fsp3) is 0.682. The molecule has 0 spiro atoms. The Morgan fingerprint density at radius 2 is 1.31 bits per heavy atom. The molecule has 150 valence electrons. The van der Waals surface area contributed by atoms with Gasteiger partial charge in [-0.25, -0.2) is 4.79 Å². The minimum atomic E-state index is -0.970. The first-order chi connectivity index (χ1) is 12.6. The van der Waals surface area contributed by atoms with Crippen LogP contribution < -0.4 is 0 Å². The second-order valence-electron chi connectivity index (χ2n) is 6.84. The SMILES string of the molecule is CCCCCCCCCCCC(O)C(O)CCC=CC=CC=CC(=O)O. The molecule has 0 saturated heterocycles. The molecule has 0 bridgehead atoms. The average Bonchev–Trinajstić information content (AvgIpc) is 2.61. The molecule has 0 aromatic carbocycles. The Morgan fingerprint density at radius 1 is 0.769 bits per heavy atom.